The van der Waals surface area contributed by atoms with Gasteiger partial charge in [-0.05, 0) is 66.8 Å². The van der Waals surface area contributed by atoms with Crippen LogP contribution in [0.25, 0.3) is 101 Å². The molecule has 0 radical (unpaired) electrons. The SMILES string of the molecule is Cc1ccc(-c2nc(-c3ccc(C)cc3)nc(-c3ccc(-c4ccc5c(-c6ccc(-c7nc(-c8ccc(C)cc8)nc(-c8ccc(C)cc8)n7)cc6)cccc5c4)cc3)n2)cc1. The van der Waals surface area contributed by atoms with Crippen LogP contribution >= 0.6 is 0 Å². The van der Waals surface area contributed by atoms with E-state index in [4.69, 9.17) is 29.9 Å². The smallest absolute Gasteiger partial charge is 0.164 e. The number of rotatable bonds is 8. The fourth-order valence-electron chi connectivity index (χ4n) is 7.66. The molecule has 0 saturated heterocycles. The van der Waals surface area contributed by atoms with Gasteiger partial charge >= 0.3 is 0 Å². The van der Waals surface area contributed by atoms with E-state index in [1.807, 2.05) is 0 Å². The van der Waals surface area contributed by atoms with Crippen LogP contribution in [-0.4, -0.2) is 29.9 Å². The normalized spacial score (nSPS) is 11.2. The van der Waals surface area contributed by atoms with Gasteiger partial charge in [-0.3, -0.25) is 0 Å². The summed E-state index contributed by atoms with van der Waals surface area (Å²) in [7, 11) is 0. The van der Waals surface area contributed by atoms with E-state index in [2.05, 4.69) is 210 Å². The highest BCUT2D eigenvalue weighted by atomic mass is 15.0. The molecule has 0 aliphatic rings. The van der Waals surface area contributed by atoms with Crippen molar-refractivity contribution in [3.63, 3.8) is 0 Å². The topological polar surface area (TPSA) is 77.3 Å². The lowest BCUT2D eigenvalue weighted by molar-refractivity contribution is 1.07. The molecule has 0 bridgehead atoms. The Hall–Kier alpha value is -7.96. The van der Waals surface area contributed by atoms with Crippen LogP contribution in [0, 0.1) is 27.7 Å². The number of fused-ring (bicyclic) bond motifs is 1. The Morgan fingerprint density at radius 1 is 0.242 bits per heavy atom. The Morgan fingerprint density at radius 2 is 0.516 bits per heavy atom. The Bertz CT molecular complexity index is 3080. The largest absolute Gasteiger partial charge is 0.208 e. The van der Waals surface area contributed by atoms with Crippen LogP contribution in [0.1, 0.15) is 22.3 Å². The van der Waals surface area contributed by atoms with E-state index in [-0.39, 0.29) is 0 Å². The highest BCUT2D eigenvalue weighted by Crippen LogP contribution is 2.35. The van der Waals surface area contributed by atoms with Crippen LogP contribution in [0.2, 0.25) is 0 Å². The number of hydrogen-bond donors (Lipinski definition) is 0. The number of aryl methyl sites for hydroxylation is 4. The molecule has 0 aliphatic carbocycles. The molecule has 10 aromatic rings. The summed E-state index contributed by atoms with van der Waals surface area (Å²) in [6.07, 6.45) is 0. The van der Waals surface area contributed by atoms with Crippen molar-refractivity contribution in [3.8, 4) is 90.6 Å². The molecule has 2 heterocycles. The molecule has 62 heavy (non-hydrogen) atoms. The second kappa shape index (κ2) is 16.2. The summed E-state index contributed by atoms with van der Waals surface area (Å²) < 4.78 is 0. The summed E-state index contributed by atoms with van der Waals surface area (Å²) in [5.41, 5.74) is 15.0. The van der Waals surface area contributed by atoms with Gasteiger partial charge in [0.25, 0.3) is 0 Å². The van der Waals surface area contributed by atoms with Gasteiger partial charge in [0, 0.05) is 33.4 Å². The minimum atomic E-state index is 0.639. The third-order valence-electron chi connectivity index (χ3n) is 11.3. The van der Waals surface area contributed by atoms with Crippen molar-refractivity contribution in [2.24, 2.45) is 0 Å². The van der Waals surface area contributed by atoms with Gasteiger partial charge in [-0.1, -0.05) is 198 Å². The van der Waals surface area contributed by atoms with E-state index < -0.39 is 0 Å². The number of aromatic nitrogens is 6. The number of nitrogens with zero attached hydrogens (tertiary/aromatic N) is 6. The van der Waals surface area contributed by atoms with Gasteiger partial charge in [0.05, 0.1) is 0 Å². The predicted molar refractivity (Wildman–Crippen MR) is 253 cm³/mol. The first-order valence-corrected chi connectivity index (χ1v) is 20.8. The first-order valence-electron chi connectivity index (χ1n) is 20.8. The molecule has 10 rings (SSSR count). The summed E-state index contributed by atoms with van der Waals surface area (Å²) in [6.45, 7) is 8.33. The van der Waals surface area contributed by atoms with Crippen molar-refractivity contribution >= 4 is 10.8 Å². The Balaban J connectivity index is 0.945. The molecule has 0 atom stereocenters. The van der Waals surface area contributed by atoms with Crippen LogP contribution in [0.15, 0.2) is 182 Å². The Morgan fingerprint density at radius 3 is 0.855 bits per heavy atom. The van der Waals surface area contributed by atoms with Gasteiger partial charge in [0.15, 0.2) is 34.9 Å². The lowest BCUT2D eigenvalue weighted by Crippen LogP contribution is -2.00. The highest BCUT2D eigenvalue weighted by Gasteiger charge is 2.15. The molecule has 6 nitrogen and oxygen atoms in total. The van der Waals surface area contributed by atoms with Crippen LogP contribution in [0.3, 0.4) is 0 Å². The van der Waals surface area contributed by atoms with Crippen molar-refractivity contribution in [1.82, 2.24) is 29.9 Å². The second-order valence-electron chi connectivity index (χ2n) is 16.0. The molecule has 0 spiro atoms. The van der Waals surface area contributed by atoms with E-state index in [0.717, 1.165) is 55.6 Å². The third kappa shape index (κ3) is 7.89. The molecule has 0 saturated carbocycles. The molecule has 6 heteroatoms. The molecular formula is C56H42N6. The standard InChI is InChI=1S/C56H42N6/c1-35-8-16-41(17-9-35)51-57-52(42-18-10-36(2)11-19-42)60-55(59-51)45-28-24-39(25-29-45)47-32-33-50-48(34-47)6-5-7-49(50)40-26-30-46(31-27-40)56-61-53(43-20-12-37(3)13-21-43)58-54(62-56)44-22-14-38(4)15-23-44/h5-34H,1-4H3. The van der Waals surface area contributed by atoms with E-state index in [9.17, 15) is 0 Å². The van der Waals surface area contributed by atoms with Gasteiger partial charge in [-0.25, -0.2) is 29.9 Å². The van der Waals surface area contributed by atoms with E-state index >= 15 is 0 Å². The maximum atomic E-state index is 4.97. The maximum Gasteiger partial charge on any atom is 0.164 e. The molecule has 8 aromatic carbocycles. The quantitative estimate of drug-likeness (QED) is 0.152. The number of benzene rings is 8. The van der Waals surface area contributed by atoms with Crippen molar-refractivity contribution in [1.29, 1.82) is 0 Å². The highest BCUT2D eigenvalue weighted by molar-refractivity contribution is 5.99. The zero-order valence-corrected chi connectivity index (χ0v) is 35.0. The minimum Gasteiger partial charge on any atom is -0.208 e. The van der Waals surface area contributed by atoms with Gasteiger partial charge in [-0.2, -0.15) is 0 Å². The lowest BCUT2D eigenvalue weighted by atomic mass is 9.94. The zero-order valence-electron chi connectivity index (χ0n) is 35.0. The fourth-order valence-corrected chi connectivity index (χ4v) is 7.66. The van der Waals surface area contributed by atoms with Gasteiger partial charge < -0.3 is 0 Å². The zero-order chi connectivity index (χ0) is 42.2. The molecule has 0 fully saturated rings. The molecule has 0 aliphatic heterocycles. The van der Waals surface area contributed by atoms with Gasteiger partial charge in [0.2, 0.25) is 0 Å². The first-order chi connectivity index (χ1) is 30.3. The summed E-state index contributed by atoms with van der Waals surface area (Å²) in [5.74, 6) is 3.89. The molecule has 2 aromatic heterocycles. The average molecular weight is 799 g/mol. The summed E-state index contributed by atoms with van der Waals surface area (Å²) in [4.78, 5) is 29.7. The molecule has 0 unspecified atom stereocenters. The van der Waals surface area contributed by atoms with Crippen LogP contribution in [0.5, 0.6) is 0 Å². The fraction of sp³-hybridized carbons (Fsp3) is 0.0714. The molecule has 0 N–H and O–H groups in total. The lowest BCUT2D eigenvalue weighted by Gasteiger charge is -2.12. The van der Waals surface area contributed by atoms with Crippen molar-refractivity contribution in [2.75, 3.05) is 0 Å². The van der Waals surface area contributed by atoms with Crippen LogP contribution in [0.4, 0.5) is 0 Å². The number of hydrogen-bond acceptors (Lipinski definition) is 6. The Kier molecular flexibility index (Phi) is 10.0. The summed E-state index contributed by atoms with van der Waals surface area (Å²) in [5, 5.41) is 2.35. The molecule has 296 valence electrons. The Labute approximate surface area is 361 Å². The summed E-state index contributed by atoms with van der Waals surface area (Å²) >= 11 is 0. The first kappa shape index (κ1) is 38.3. The van der Waals surface area contributed by atoms with E-state index in [0.29, 0.717) is 34.9 Å². The third-order valence-corrected chi connectivity index (χ3v) is 11.3. The van der Waals surface area contributed by atoms with Crippen LogP contribution < -0.4 is 0 Å². The monoisotopic (exact) mass is 798 g/mol. The average Bonchev–Trinajstić information content (AvgIpc) is 3.32. The second-order valence-corrected chi connectivity index (χ2v) is 16.0. The van der Waals surface area contributed by atoms with E-state index in [1.165, 1.54) is 33.0 Å². The van der Waals surface area contributed by atoms with Gasteiger partial charge in [-0.15, -0.1) is 0 Å². The predicted octanol–water partition coefficient (Wildman–Crippen LogP) is 13.8. The van der Waals surface area contributed by atoms with Crippen molar-refractivity contribution < 1.29 is 0 Å². The van der Waals surface area contributed by atoms with Crippen LogP contribution in [-0.2, 0) is 0 Å². The molecule has 0 amide bonds. The maximum absolute atomic E-state index is 4.97. The minimum absolute atomic E-state index is 0.639. The molecular weight excluding hydrogens is 757 g/mol. The summed E-state index contributed by atoms with van der Waals surface area (Å²) in [6, 6.07) is 63.5. The van der Waals surface area contributed by atoms with Crippen molar-refractivity contribution in [2.45, 2.75) is 27.7 Å². The van der Waals surface area contributed by atoms with E-state index in [1.54, 1.807) is 0 Å². The van der Waals surface area contributed by atoms with Crippen molar-refractivity contribution in [3.05, 3.63) is 204 Å². The van der Waals surface area contributed by atoms with Gasteiger partial charge in [0.1, 0.15) is 0 Å².